The van der Waals surface area contributed by atoms with Crippen molar-refractivity contribution >= 4 is 11.3 Å². The Balaban J connectivity index is 1.94. The van der Waals surface area contributed by atoms with E-state index in [0.29, 0.717) is 5.92 Å². The SMILES string of the molecule is CCC(CN)Cc1nc(C2CCC2)cs1. The van der Waals surface area contributed by atoms with Crippen LogP contribution in [0.15, 0.2) is 5.38 Å². The predicted octanol–water partition coefficient (Wildman–Crippen LogP) is 2.94. The molecule has 1 aliphatic rings. The third-order valence-electron chi connectivity index (χ3n) is 3.47. The lowest BCUT2D eigenvalue weighted by Crippen LogP contribution is -2.16. The largest absolute Gasteiger partial charge is 0.330 e. The van der Waals surface area contributed by atoms with Crippen molar-refractivity contribution in [2.45, 2.75) is 44.9 Å². The summed E-state index contributed by atoms with van der Waals surface area (Å²) in [4.78, 5) is 4.73. The second-order valence-corrected chi connectivity index (χ2v) is 5.45. The molecule has 1 aromatic rings. The van der Waals surface area contributed by atoms with Crippen LogP contribution >= 0.6 is 11.3 Å². The van der Waals surface area contributed by atoms with Gasteiger partial charge in [0.2, 0.25) is 0 Å². The van der Waals surface area contributed by atoms with Crippen molar-refractivity contribution < 1.29 is 0 Å². The number of hydrogen-bond donors (Lipinski definition) is 1. The molecule has 1 aliphatic carbocycles. The molecule has 1 atom stereocenters. The van der Waals surface area contributed by atoms with Crippen molar-refractivity contribution in [2.75, 3.05) is 6.54 Å². The quantitative estimate of drug-likeness (QED) is 0.835. The van der Waals surface area contributed by atoms with Gasteiger partial charge in [0.05, 0.1) is 10.7 Å². The van der Waals surface area contributed by atoms with Crippen LogP contribution in [0.5, 0.6) is 0 Å². The van der Waals surface area contributed by atoms with E-state index >= 15 is 0 Å². The van der Waals surface area contributed by atoms with Crippen molar-refractivity contribution in [1.82, 2.24) is 4.98 Å². The third kappa shape index (κ3) is 2.58. The van der Waals surface area contributed by atoms with Gasteiger partial charge in [0.15, 0.2) is 0 Å². The minimum Gasteiger partial charge on any atom is -0.330 e. The fourth-order valence-electron chi connectivity index (χ4n) is 1.95. The first kappa shape index (κ1) is 11.1. The number of rotatable bonds is 5. The molecule has 0 saturated heterocycles. The zero-order valence-corrected chi connectivity index (χ0v) is 10.2. The topological polar surface area (TPSA) is 38.9 Å². The first-order valence-electron chi connectivity index (χ1n) is 5.97. The molecule has 0 aromatic carbocycles. The molecule has 1 heterocycles. The third-order valence-corrected chi connectivity index (χ3v) is 4.36. The molecule has 84 valence electrons. The first-order valence-corrected chi connectivity index (χ1v) is 6.85. The molecule has 0 amide bonds. The zero-order valence-electron chi connectivity index (χ0n) is 9.41. The molecule has 1 saturated carbocycles. The average molecular weight is 224 g/mol. The standard InChI is InChI=1S/C12H20N2S/c1-2-9(7-13)6-12-14-11(8-15-12)10-4-3-5-10/h8-10H,2-7,13H2,1H3. The molecule has 0 spiro atoms. The van der Waals surface area contributed by atoms with Crippen LogP contribution in [0.2, 0.25) is 0 Å². The van der Waals surface area contributed by atoms with Gasteiger partial charge in [-0.1, -0.05) is 19.8 Å². The van der Waals surface area contributed by atoms with Crippen LogP contribution in [0.1, 0.15) is 49.2 Å². The number of nitrogens with two attached hydrogens (primary N) is 1. The Kier molecular flexibility index (Phi) is 3.76. The molecular formula is C12H20N2S. The Morgan fingerprint density at radius 3 is 2.93 bits per heavy atom. The lowest BCUT2D eigenvalue weighted by molar-refractivity contribution is 0.411. The smallest absolute Gasteiger partial charge is 0.0931 e. The summed E-state index contributed by atoms with van der Waals surface area (Å²) in [5, 5.41) is 3.54. The van der Waals surface area contributed by atoms with E-state index in [1.54, 1.807) is 0 Å². The van der Waals surface area contributed by atoms with Gasteiger partial charge in [-0.05, 0) is 25.3 Å². The minimum absolute atomic E-state index is 0.616. The fourth-order valence-corrected chi connectivity index (χ4v) is 2.94. The molecule has 0 radical (unpaired) electrons. The molecule has 1 fully saturated rings. The summed E-state index contributed by atoms with van der Waals surface area (Å²) >= 11 is 1.82. The summed E-state index contributed by atoms with van der Waals surface area (Å²) in [5.74, 6) is 1.39. The van der Waals surface area contributed by atoms with Gasteiger partial charge in [-0.3, -0.25) is 0 Å². The van der Waals surface area contributed by atoms with Crippen LogP contribution in [-0.2, 0) is 6.42 Å². The van der Waals surface area contributed by atoms with Crippen LogP contribution in [-0.4, -0.2) is 11.5 Å². The van der Waals surface area contributed by atoms with Crippen molar-refractivity contribution in [2.24, 2.45) is 11.7 Å². The van der Waals surface area contributed by atoms with E-state index < -0.39 is 0 Å². The van der Waals surface area contributed by atoms with E-state index in [1.807, 2.05) is 11.3 Å². The average Bonchev–Trinajstić information content (AvgIpc) is 2.60. The van der Waals surface area contributed by atoms with Gasteiger partial charge in [-0.25, -0.2) is 4.98 Å². The van der Waals surface area contributed by atoms with E-state index in [9.17, 15) is 0 Å². The van der Waals surface area contributed by atoms with E-state index in [4.69, 9.17) is 10.7 Å². The normalized spacial score (nSPS) is 18.8. The van der Waals surface area contributed by atoms with Gasteiger partial charge in [0, 0.05) is 17.7 Å². The lowest BCUT2D eigenvalue weighted by Gasteiger charge is -2.23. The fraction of sp³-hybridized carbons (Fsp3) is 0.750. The van der Waals surface area contributed by atoms with Crippen LogP contribution in [0.25, 0.3) is 0 Å². The molecule has 3 heteroatoms. The van der Waals surface area contributed by atoms with Gasteiger partial charge in [-0.2, -0.15) is 0 Å². The molecule has 0 aliphatic heterocycles. The second kappa shape index (κ2) is 5.08. The monoisotopic (exact) mass is 224 g/mol. The Labute approximate surface area is 95.9 Å². The maximum Gasteiger partial charge on any atom is 0.0931 e. The number of aromatic nitrogens is 1. The van der Waals surface area contributed by atoms with Crippen molar-refractivity contribution in [1.29, 1.82) is 0 Å². The molecule has 0 bridgehead atoms. The van der Waals surface area contributed by atoms with Crippen LogP contribution < -0.4 is 5.73 Å². The molecule has 1 unspecified atom stereocenters. The minimum atomic E-state index is 0.616. The highest BCUT2D eigenvalue weighted by Crippen LogP contribution is 2.36. The number of thiazole rings is 1. The van der Waals surface area contributed by atoms with E-state index in [1.165, 1.54) is 30.0 Å². The second-order valence-electron chi connectivity index (χ2n) is 4.51. The van der Waals surface area contributed by atoms with E-state index in [-0.39, 0.29) is 0 Å². The van der Waals surface area contributed by atoms with Gasteiger partial charge in [0.1, 0.15) is 0 Å². The van der Waals surface area contributed by atoms with Crippen molar-refractivity contribution in [3.63, 3.8) is 0 Å². The van der Waals surface area contributed by atoms with Crippen molar-refractivity contribution in [3.05, 3.63) is 16.1 Å². The number of nitrogens with zero attached hydrogens (tertiary/aromatic N) is 1. The van der Waals surface area contributed by atoms with Gasteiger partial charge >= 0.3 is 0 Å². The molecule has 2 N–H and O–H groups in total. The summed E-state index contributed by atoms with van der Waals surface area (Å²) < 4.78 is 0. The molecule has 1 aromatic heterocycles. The molecule has 15 heavy (non-hydrogen) atoms. The van der Waals surface area contributed by atoms with Crippen molar-refractivity contribution in [3.8, 4) is 0 Å². The summed E-state index contributed by atoms with van der Waals surface area (Å²) in [6.07, 6.45) is 6.31. The van der Waals surface area contributed by atoms with Crippen LogP contribution in [0.3, 0.4) is 0 Å². The molecular weight excluding hydrogens is 204 g/mol. The van der Waals surface area contributed by atoms with Crippen LogP contribution in [0.4, 0.5) is 0 Å². The van der Waals surface area contributed by atoms with Gasteiger partial charge < -0.3 is 5.73 Å². The maximum atomic E-state index is 5.71. The summed E-state index contributed by atoms with van der Waals surface area (Å²) in [6.45, 7) is 2.99. The van der Waals surface area contributed by atoms with Gasteiger partial charge in [0.25, 0.3) is 0 Å². The van der Waals surface area contributed by atoms with Gasteiger partial charge in [-0.15, -0.1) is 11.3 Å². The Bertz CT molecular complexity index is 300. The highest BCUT2D eigenvalue weighted by molar-refractivity contribution is 7.09. The highest BCUT2D eigenvalue weighted by Gasteiger charge is 2.22. The Hall–Kier alpha value is -0.410. The Morgan fingerprint density at radius 2 is 2.40 bits per heavy atom. The van der Waals surface area contributed by atoms with E-state index in [0.717, 1.165) is 25.3 Å². The first-order chi connectivity index (χ1) is 7.33. The maximum absolute atomic E-state index is 5.71. The predicted molar refractivity (Wildman–Crippen MR) is 65.2 cm³/mol. The highest BCUT2D eigenvalue weighted by atomic mass is 32.1. The molecule has 2 nitrogen and oxygen atoms in total. The Morgan fingerprint density at radius 1 is 1.60 bits per heavy atom. The summed E-state index contributed by atoms with van der Waals surface area (Å²) in [5.41, 5.74) is 7.05. The lowest BCUT2D eigenvalue weighted by atomic mass is 9.83. The van der Waals surface area contributed by atoms with Crippen LogP contribution in [0, 0.1) is 5.92 Å². The molecule has 2 rings (SSSR count). The number of hydrogen-bond acceptors (Lipinski definition) is 3. The van der Waals surface area contributed by atoms with E-state index in [2.05, 4.69) is 12.3 Å². The summed E-state index contributed by atoms with van der Waals surface area (Å²) in [7, 11) is 0. The summed E-state index contributed by atoms with van der Waals surface area (Å²) in [6, 6.07) is 0. The zero-order chi connectivity index (χ0) is 10.7.